The van der Waals surface area contributed by atoms with Crippen molar-refractivity contribution in [2.24, 2.45) is 5.73 Å². The van der Waals surface area contributed by atoms with Crippen molar-refractivity contribution in [1.29, 1.82) is 0 Å². The van der Waals surface area contributed by atoms with Gasteiger partial charge in [0.25, 0.3) is 0 Å². The molecule has 1 rings (SSSR count). The molecule has 0 aromatic heterocycles. The van der Waals surface area contributed by atoms with Crippen molar-refractivity contribution in [3.8, 4) is 5.75 Å². The van der Waals surface area contributed by atoms with Gasteiger partial charge in [-0.15, -0.1) is 0 Å². The molecule has 0 aliphatic heterocycles. The molecule has 1 aromatic rings. The van der Waals surface area contributed by atoms with Crippen LogP contribution in [0.25, 0.3) is 0 Å². The highest BCUT2D eigenvalue weighted by Gasteiger charge is 2.06. The second kappa shape index (κ2) is 10.6. The van der Waals surface area contributed by atoms with Gasteiger partial charge in [0.2, 0.25) is 0 Å². The van der Waals surface area contributed by atoms with Gasteiger partial charge in [0.15, 0.2) is 0 Å². The molecule has 0 radical (unpaired) electrons. The Bertz CT molecular complexity index is 357. The Morgan fingerprint density at radius 2 is 1.55 bits per heavy atom. The van der Waals surface area contributed by atoms with Crippen LogP contribution in [0, 0.1) is 0 Å². The van der Waals surface area contributed by atoms with E-state index in [1.807, 2.05) is 31.2 Å². The molecule has 0 aliphatic carbocycles. The molecule has 1 atom stereocenters. The van der Waals surface area contributed by atoms with Gasteiger partial charge < -0.3 is 24.7 Å². The third kappa shape index (κ3) is 6.86. The van der Waals surface area contributed by atoms with E-state index in [2.05, 4.69) is 0 Å². The predicted octanol–water partition coefficient (Wildman–Crippen LogP) is 1.76. The zero-order valence-electron chi connectivity index (χ0n) is 12.3. The monoisotopic (exact) mass is 283 g/mol. The van der Waals surface area contributed by atoms with Crippen LogP contribution in [0.2, 0.25) is 0 Å². The fourth-order valence-corrected chi connectivity index (χ4v) is 1.66. The topological polar surface area (TPSA) is 62.9 Å². The number of methoxy groups -OCH3 is 1. The summed E-state index contributed by atoms with van der Waals surface area (Å²) in [5.41, 5.74) is 6.90. The van der Waals surface area contributed by atoms with E-state index in [0.29, 0.717) is 39.6 Å². The van der Waals surface area contributed by atoms with Crippen LogP contribution in [0.1, 0.15) is 18.5 Å². The first-order valence-electron chi connectivity index (χ1n) is 6.87. The van der Waals surface area contributed by atoms with E-state index >= 15 is 0 Å². The van der Waals surface area contributed by atoms with Gasteiger partial charge in [-0.1, -0.05) is 18.2 Å². The first-order chi connectivity index (χ1) is 9.75. The van der Waals surface area contributed by atoms with Crippen LogP contribution >= 0.6 is 0 Å². The van der Waals surface area contributed by atoms with Gasteiger partial charge in [-0.25, -0.2) is 0 Å². The summed E-state index contributed by atoms with van der Waals surface area (Å²) in [6.07, 6.45) is 0. The number of nitrogens with two attached hydrogens (primary N) is 1. The van der Waals surface area contributed by atoms with Crippen LogP contribution in [0.5, 0.6) is 5.75 Å². The Morgan fingerprint density at radius 1 is 0.950 bits per heavy atom. The van der Waals surface area contributed by atoms with Crippen LogP contribution in [-0.2, 0) is 14.2 Å². The maximum atomic E-state index is 5.89. The Hall–Kier alpha value is -1.14. The third-order valence-electron chi connectivity index (χ3n) is 2.70. The lowest BCUT2D eigenvalue weighted by Crippen LogP contribution is -2.13. The summed E-state index contributed by atoms with van der Waals surface area (Å²) in [7, 11) is 1.65. The minimum atomic E-state index is -0.0405. The lowest BCUT2D eigenvalue weighted by atomic mass is 10.1. The van der Waals surface area contributed by atoms with E-state index in [-0.39, 0.29) is 6.04 Å². The SMILES string of the molecule is COCCOCCOCCOc1ccccc1C(C)N. The summed E-state index contributed by atoms with van der Waals surface area (Å²) < 4.78 is 21.2. The third-order valence-corrected chi connectivity index (χ3v) is 2.70. The summed E-state index contributed by atoms with van der Waals surface area (Å²) in [6.45, 7) is 5.30. The van der Waals surface area contributed by atoms with Crippen LogP contribution in [0.4, 0.5) is 0 Å². The zero-order chi connectivity index (χ0) is 14.6. The normalized spacial score (nSPS) is 12.3. The molecule has 5 nitrogen and oxygen atoms in total. The van der Waals surface area contributed by atoms with Gasteiger partial charge in [-0.05, 0) is 13.0 Å². The molecular formula is C15H25NO4. The molecule has 0 saturated heterocycles. The maximum absolute atomic E-state index is 5.89. The second-order valence-corrected chi connectivity index (χ2v) is 4.39. The number of hydrogen-bond donors (Lipinski definition) is 1. The number of para-hydroxylation sites is 1. The molecule has 0 aliphatic rings. The van der Waals surface area contributed by atoms with Crippen LogP contribution in [-0.4, -0.2) is 46.8 Å². The van der Waals surface area contributed by atoms with E-state index in [1.165, 1.54) is 0 Å². The van der Waals surface area contributed by atoms with Crippen molar-refractivity contribution < 1.29 is 18.9 Å². The fourth-order valence-electron chi connectivity index (χ4n) is 1.66. The molecule has 20 heavy (non-hydrogen) atoms. The standard InChI is InChI=1S/C15H25NO4/c1-13(16)14-5-3-4-6-15(14)20-12-11-19-10-9-18-8-7-17-2/h3-6,13H,7-12,16H2,1-2H3. The molecule has 1 aromatic carbocycles. The van der Waals surface area contributed by atoms with E-state index in [0.717, 1.165) is 11.3 Å². The van der Waals surface area contributed by atoms with Crippen LogP contribution < -0.4 is 10.5 Å². The Balaban J connectivity index is 2.10. The fraction of sp³-hybridized carbons (Fsp3) is 0.600. The minimum absolute atomic E-state index is 0.0405. The van der Waals surface area contributed by atoms with Gasteiger partial charge >= 0.3 is 0 Å². The van der Waals surface area contributed by atoms with Gasteiger partial charge in [-0.2, -0.15) is 0 Å². The van der Waals surface area contributed by atoms with Gasteiger partial charge in [0.05, 0.1) is 33.0 Å². The van der Waals surface area contributed by atoms with Crippen molar-refractivity contribution in [2.45, 2.75) is 13.0 Å². The summed E-state index contributed by atoms with van der Waals surface area (Å²) >= 11 is 0. The van der Waals surface area contributed by atoms with Crippen LogP contribution in [0.3, 0.4) is 0 Å². The van der Waals surface area contributed by atoms with Crippen molar-refractivity contribution in [1.82, 2.24) is 0 Å². The lowest BCUT2D eigenvalue weighted by Gasteiger charge is -2.13. The molecule has 5 heteroatoms. The molecule has 1 unspecified atom stereocenters. The first-order valence-corrected chi connectivity index (χ1v) is 6.87. The van der Waals surface area contributed by atoms with Gasteiger partial charge in [-0.3, -0.25) is 0 Å². The Kier molecular flexibility index (Phi) is 8.98. The quantitative estimate of drug-likeness (QED) is 0.627. The Morgan fingerprint density at radius 3 is 2.20 bits per heavy atom. The molecule has 0 bridgehead atoms. The molecule has 114 valence electrons. The molecule has 0 fully saturated rings. The van der Waals surface area contributed by atoms with E-state index in [9.17, 15) is 0 Å². The summed E-state index contributed by atoms with van der Waals surface area (Å²) in [5.74, 6) is 0.822. The number of hydrogen-bond acceptors (Lipinski definition) is 5. The highest BCUT2D eigenvalue weighted by atomic mass is 16.6. The average molecular weight is 283 g/mol. The highest BCUT2D eigenvalue weighted by molar-refractivity contribution is 5.35. The molecule has 0 heterocycles. The van der Waals surface area contributed by atoms with E-state index < -0.39 is 0 Å². The molecular weight excluding hydrogens is 258 g/mol. The zero-order valence-corrected chi connectivity index (χ0v) is 12.3. The summed E-state index contributed by atoms with van der Waals surface area (Å²) in [4.78, 5) is 0. The summed E-state index contributed by atoms with van der Waals surface area (Å²) in [6, 6.07) is 7.75. The van der Waals surface area contributed by atoms with E-state index in [4.69, 9.17) is 24.7 Å². The second-order valence-electron chi connectivity index (χ2n) is 4.39. The predicted molar refractivity (Wildman–Crippen MR) is 78.1 cm³/mol. The largest absolute Gasteiger partial charge is 0.491 e. The smallest absolute Gasteiger partial charge is 0.124 e. The molecule has 0 amide bonds. The van der Waals surface area contributed by atoms with Gasteiger partial charge in [0.1, 0.15) is 12.4 Å². The summed E-state index contributed by atoms with van der Waals surface area (Å²) in [5, 5.41) is 0. The van der Waals surface area contributed by atoms with Crippen molar-refractivity contribution in [2.75, 3.05) is 46.8 Å². The minimum Gasteiger partial charge on any atom is -0.491 e. The molecule has 0 saturated carbocycles. The van der Waals surface area contributed by atoms with Crippen molar-refractivity contribution in [3.63, 3.8) is 0 Å². The number of rotatable bonds is 11. The maximum Gasteiger partial charge on any atom is 0.124 e. The number of benzene rings is 1. The van der Waals surface area contributed by atoms with E-state index in [1.54, 1.807) is 7.11 Å². The van der Waals surface area contributed by atoms with Crippen molar-refractivity contribution in [3.05, 3.63) is 29.8 Å². The highest BCUT2D eigenvalue weighted by Crippen LogP contribution is 2.22. The molecule has 0 spiro atoms. The Labute approximate surface area is 121 Å². The number of ether oxygens (including phenoxy) is 4. The average Bonchev–Trinajstić information content (AvgIpc) is 2.46. The van der Waals surface area contributed by atoms with Gasteiger partial charge in [0, 0.05) is 18.7 Å². The van der Waals surface area contributed by atoms with Crippen LogP contribution in [0.15, 0.2) is 24.3 Å². The first kappa shape index (κ1) is 16.9. The van der Waals surface area contributed by atoms with Crippen molar-refractivity contribution >= 4 is 0 Å². The molecule has 2 N–H and O–H groups in total. The lowest BCUT2D eigenvalue weighted by molar-refractivity contribution is 0.0179.